The monoisotopic (exact) mass is 200 g/mol. The highest BCUT2D eigenvalue weighted by molar-refractivity contribution is 5.42. The number of nitrogens with zero attached hydrogens (tertiary/aromatic N) is 2. The van der Waals surface area contributed by atoms with E-state index in [4.69, 9.17) is 5.84 Å². The molecule has 2 aromatic rings. The third-order valence-corrected chi connectivity index (χ3v) is 2.12. The number of aromatic nitrogens is 2. The normalized spacial score (nSPS) is 9.93. The van der Waals surface area contributed by atoms with Crippen LogP contribution in [0.25, 0.3) is 0 Å². The van der Waals surface area contributed by atoms with E-state index in [2.05, 4.69) is 15.4 Å². The molecule has 3 N–H and O–H groups in total. The first-order chi connectivity index (χ1) is 7.38. The summed E-state index contributed by atoms with van der Waals surface area (Å²) in [6, 6.07) is 7.71. The highest BCUT2D eigenvalue weighted by atomic mass is 15.2. The van der Waals surface area contributed by atoms with E-state index in [0.717, 1.165) is 17.8 Å². The van der Waals surface area contributed by atoms with Gasteiger partial charge in [-0.3, -0.25) is 15.8 Å². The summed E-state index contributed by atoms with van der Waals surface area (Å²) in [6.07, 6.45) is 6.09. The number of hydrogen-bond acceptors (Lipinski definition) is 4. The van der Waals surface area contributed by atoms with Crippen molar-refractivity contribution in [2.75, 3.05) is 5.43 Å². The second-order valence-corrected chi connectivity index (χ2v) is 3.21. The third kappa shape index (κ3) is 2.51. The average molecular weight is 200 g/mol. The number of hydrogen-bond donors (Lipinski definition) is 2. The van der Waals surface area contributed by atoms with E-state index in [1.54, 1.807) is 18.6 Å². The number of nitrogen functional groups attached to an aromatic ring is 1. The molecule has 0 aliphatic rings. The van der Waals surface area contributed by atoms with Crippen molar-refractivity contribution in [3.05, 3.63) is 54.1 Å². The van der Waals surface area contributed by atoms with Crippen LogP contribution in [-0.4, -0.2) is 9.97 Å². The molecule has 0 saturated carbocycles. The van der Waals surface area contributed by atoms with Crippen LogP contribution in [0.5, 0.6) is 0 Å². The van der Waals surface area contributed by atoms with Gasteiger partial charge in [-0.05, 0) is 29.8 Å². The minimum absolute atomic E-state index is 0.790. The van der Waals surface area contributed by atoms with Crippen LogP contribution >= 0.6 is 0 Å². The number of nitrogens with two attached hydrogens (primary N) is 1. The Kier molecular flexibility index (Phi) is 2.90. The molecule has 4 nitrogen and oxygen atoms in total. The van der Waals surface area contributed by atoms with Gasteiger partial charge < -0.3 is 5.43 Å². The van der Waals surface area contributed by atoms with E-state index in [0.29, 0.717) is 0 Å². The summed E-state index contributed by atoms with van der Waals surface area (Å²) in [5, 5.41) is 0. The largest absolute Gasteiger partial charge is 0.324 e. The molecule has 4 heteroatoms. The summed E-state index contributed by atoms with van der Waals surface area (Å²) in [4.78, 5) is 8.23. The molecular formula is C11H12N4. The molecule has 0 atom stereocenters. The van der Waals surface area contributed by atoms with Gasteiger partial charge >= 0.3 is 0 Å². The minimum atomic E-state index is 0.790. The van der Waals surface area contributed by atoms with Crippen molar-refractivity contribution in [2.45, 2.75) is 6.42 Å². The van der Waals surface area contributed by atoms with E-state index in [-0.39, 0.29) is 0 Å². The van der Waals surface area contributed by atoms with Crippen LogP contribution in [0.2, 0.25) is 0 Å². The Morgan fingerprint density at radius 2 is 1.93 bits per heavy atom. The van der Waals surface area contributed by atoms with Crippen molar-refractivity contribution in [2.24, 2.45) is 5.84 Å². The second kappa shape index (κ2) is 4.52. The molecule has 0 radical (unpaired) electrons. The Labute approximate surface area is 88.2 Å². The van der Waals surface area contributed by atoms with Crippen molar-refractivity contribution in [3.8, 4) is 0 Å². The van der Waals surface area contributed by atoms with Crippen molar-refractivity contribution >= 4 is 5.69 Å². The fourth-order valence-corrected chi connectivity index (χ4v) is 1.37. The summed E-state index contributed by atoms with van der Waals surface area (Å²) in [7, 11) is 0. The quantitative estimate of drug-likeness (QED) is 0.580. The molecular weight excluding hydrogens is 188 g/mol. The second-order valence-electron chi connectivity index (χ2n) is 3.21. The van der Waals surface area contributed by atoms with E-state index in [1.807, 2.05) is 24.3 Å². The molecule has 0 aliphatic heterocycles. The Morgan fingerprint density at radius 1 is 1.13 bits per heavy atom. The maximum absolute atomic E-state index is 5.32. The molecule has 0 amide bonds. The molecule has 0 aromatic carbocycles. The number of anilines is 1. The summed E-state index contributed by atoms with van der Waals surface area (Å²) < 4.78 is 0. The van der Waals surface area contributed by atoms with E-state index in [1.165, 1.54) is 5.56 Å². The van der Waals surface area contributed by atoms with Crippen LogP contribution in [0.4, 0.5) is 5.69 Å². The zero-order chi connectivity index (χ0) is 10.5. The molecule has 2 rings (SSSR count). The van der Waals surface area contributed by atoms with Gasteiger partial charge in [0.05, 0.1) is 5.69 Å². The third-order valence-electron chi connectivity index (χ3n) is 2.12. The molecule has 0 unspecified atom stereocenters. The Bertz CT molecular complexity index is 428. The molecule has 2 aromatic heterocycles. The minimum Gasteiger partial charge on any atom is -0.324 e. The lowest BCUT2D eigenvalue weighted by Crippen LogP contribution is -2.07. The van der Waals surface area contributed by atoms with Crippen molar-refractivity contribution in [3.63, 3.8) is 0 Å². The molecule has 0 spiro atoms. The van der Waals surface area contributed by atoms with Gasteiger partial charge in [-0.1, -0.05) is 0 Å². The van der Waals surface area contributed by atoms with Gasteiger partial charge in [0.1, 0.15) is 0 Å². The summed E-state index contributed by atoms with van der Waals surface area (Å²) in [5.74, 6) is 5.32. The van der Waals surface area contributed by atoms with Crippen molar-refractivity contribution in [1.29, 1.82) is 0 Å². The van der Waals surface area contributed by atoms with Gasteiger partial charge in [-0.2, -0.15) is 0 Å². The van der Waals surface area contributed by atoms with E-state index < -0.39 is 0 Å². The van der Waals surface area contributed by atoms with Gasteiger partial charge in [0.2, 0.25) is 0 Å². The van der Waals surface area contributed by atoms with Crippen molar-refractivity contribution in [1.82, 2.24) is 9.97 Å². The maximum Gasteiger partial charge on any atom is 0.0518 e. The highest BCUT2D eigenvalue weighted by Gasteiger charge is 1.98. The molecule has 0 aliphatic carbocycles. The lowest BCUT2D eigenvalue weighted by atomic mass is 10.1. The average Bonchev–Trinajstić information content (AvgIpc) is 2.31. The van der Waals surface area contributed by atoms with Gasteiger partial charge in [0.25, 0.3) is 0 Å². The Morgan fingerprint density at radius 3 is 2.67 bits per heavy atom. The van der Waals surface area contributed by atoms with Crippen LogP contribution in [0.1, 0.15) is 11.3 Å². The summed E-state index contributed by atoms with van der Waals surface area (Å²) in [5.41, 5.74) is 5.64. The zero-order valence-corrected chi connectivity index (χ0v) is 8.22. The van der Waals surface area contributed by atoms with Crippen LogP contribution in [0, 0.1) is 0 Å². The van der Waals surface area contributed by atoms with Crippen LogP contribution < -0.4 is 11.3 Å². The van der Waals surface area contributed by atoms with Gasteiger partial charge in [-0.25, -0.2) is 0 Å². The van der Waals surface area contributed by atoms with E-state index in [9.17, 15) is 0 Å². The van der Waals surface area contributed by atoms with Gasteiger partial charge in [-0.15, -0.1) is 0 Å². The van der Waals surface area contributed by atoms with E-state index >= 15 is 0 Å². The number of pyridine rings is 2. The first-order valence-electron chi connectivity index (χ1n) is 4.69. The van der Waals surface area contributed by atoms with Crippen LogP contribution in [0.15, 0.2) is 42.9 Å². The fraction of sp³-hybridized carbons (Fsp3) is 0.0909. The molecule has 76 valence electrons. The number of hydrazine groups is 1. The maximum atomic E-state index is 5.32. The topological polar surface area (TPSA) is 63.8 Å². The predicted octanol–water partition coefficient (Wildman–Crippen LogP) is 1.35. The van der Waals surface area contributed by atoms with Gasteiger partial charge in [0.15, 0.2) is 0 Å². The van der Waals surface area contributed by atoms with Crippen LogP contribution in [0.3, 0.4) is 0 Å². The molecule has 0 saturated heterocycles. The lowest BCUT2D eigenvalue weighted by Gasteiger charge is -2.03. The van der Waals surface area contributed by atoms with Gasteiger partial charge in [0, 0.05) is 30.7 Å². The lowest BCUT2D eigenvalue weighted by molar-refractivity contribution is 1.06. The SMILES string of the molecule is NNc1ccnc(Cc2ccncc2)c1. The zero-order valence-electron chi connectivity index (χ0n) is 8.22. The number of nitrogens with one attached hydrogen (secondary N) is 1. The molecule has 0 bridgehead atoms. The fourth-order valence-electron chi connectivity index (χ4n) is 1.37. The highest BCUT2D eigenvalue weighted by Crippen LogP contribution is 2.10. The number of rotatable bonds is 3. The molecule has 0 fully saturated rings. The molecule has 15 heavy (non-hydrogen) atoms. The Hall–Kier alpha value is -1.94. The van der Waals surface area contributed by atoms with Crippen molar-refractivity contribution < 1.29 is 0 Å². The predicted molar refractivity (Wildman–Crippen MR) is 59.1 cm³/mol. The Balaban J connectivity index is 2.17. The molecule has 2 heterocycles. The van der Waals surface area contributed by atoms with Crippen LogP contribution in [-0.2, 0) is 6.42 Å². The first kappa shape index (κ1) is 9.61. The first-order valence-corrected chi connectivity index (χ1v) is 4.69. The standard InChI is InChI=1S/C11H12N4/c12-15-10-3-6-14-11(8-10)7-9-1-4-13-5-2-9/h1-6,8H,7,12H2,(H,14,15). The summed E-state index contributed by atoms with van der Waals surface area (Å²) >= 11 is 0. The summed E-state index contributed by atoms with van der Waals surface area (Å²) in [6.45, 7) is 0. The smallest absolute Gasteiger partial charge is 0.0518 e.